The topological polar surface area (TPSA) is 64.7 Å². The van der Waals surface area contributed by atoms with Gasteiger partial charge in [-0.2, -0.15) is 0 Å². The molecule has 0 spiro atoms. The minimum atomic E-state index is 0. The number of guanidine groups is 1. The molecule has 0 radical (unpaired) electrons. The van der Waals surface area contributed by atoms with Crippen LogP contribution in [0.5, 0.6) is 5.75 Å². The minimum Gasteiger partial charge on any atom is -0.497 e. The first-order valence-electron chi connectivity index (χ1n) is 11.2. The lowest BCUT2D eigenvalue weighted by atomic mass is 10.1. The van der Waals surface area contributed by atoms with Crippen molar-refractivity contribution in [1.29, 1.82) is 0 Å². The molecule has 6 nitrogen and oxygen atoms in total. The van der Waals surface area contributed by atoms with Crippen LogP contribution in [0.2, 0.25) is 0 Å². The van der Waals surface area contributed by atoms with Crippen molar-refractivity contribution in [2.75, 3.05) is 40.3 Å². The van der Waals surface area contributed by atoms with Gasteiger partial charge in [-0.25, -0.2) is 0 Å². The van der Waals surface area contributed by atoms with Crippen molar-refractivity contribution in [3.63, 3.8) is 0 Å². The van der Waals surface area contributed by atoms with Crippen LogP contribution >= 0.6 is 24.0 Å². The highest BCUT2D eigenvalue weighted by Gasteiger charge is 2.24. The molecule has 0 saturated carbocycles. The van der Waals surface area contributed by atoms with Gasteiger partial charge < -0.3 is 20.4 Å². The number of likely N-dealkylation sites (tertiary alicyclic amines) is 1. The summed E-state index contributed by atoms with van der Waals surface area (Å²) >= 11 is 0. The average Bonchev–Trinajstić information content (AvgIpc) is 3.49. The van der Waals surface area contributed by atoms with Crippen LogP contribution in [0.25, 0.3) is 10.9 Å². The van der Waals surface area contributed by atoms with E-state index < -0.39 is 0 Å². The van der Waals surface area contributed by atoms with Gasteiger partial charge in [0.1, 0.15) is 5.75 Å². The van der Waals surface area contributed by atoms with Gasteiger partial charge in [-0.3, -0.25) is 9.89 Å². The van der Waals surface area contributed by atoms with Gasteiger partial charge >= 0.3 is 0 Å². The second-order valence-electron chi connectivity index (χ2n) is 8.02. The quantitative estimate of drug-likeness (QED) is 0.223. The first kappa shape index (κ1) is 24.4. The van der Waals surface area contributed by atoms with Crippen molar-refractivity contribution < 1.29 is 4.74 Å². The van der Waals surface area contributed by atoms with E-state index in [1.807, 2.05) is 13.1 Å². The molecule has 1 aromatic heterocycles. The number of benzene rings is 2. The number of aliphatic imine (C=N–C) groups is 1. The molecule has 1 fully saturated rings. The molecule has 2 heterocycles. The lowest BCUT2D eigenvalue weighted by molar-refractivity contribution is 0.245. The molecule has 0 bridgehead atoms. The molecule has 7 heteroatoms. The number of nitrogens with one attached hydrogen (secondary N) is 3. The molecule has 172 valence electrons. The van der Waals surface area contributed by atoms with Gasteiger partial charge in [0.2, 0.25) is 0 Å². The van der Waals surface area contributed by atoms with E-state index in [4.69, 9.17) is 4.74 Å². The van der Waals surface area contributed by atoms with Gasteiger partial charge in [0.25, 0.3) is 0 Å². The Bertz CT molecular complexity index is 1010. The Kier molecular flexibility index (Phi) is 9.23. The van der Waals surface area contributed by atoms with Crippen molar-refractivity contribution in [3.8, 4) is 5.75 Å². The number of fused-ring (bicyclic) bond motifs is 1. The lowest BCUT2D eigenvalue weighted by Crippen LogP contribution is -2.43. The van der Waals surface area contributed by atoms with Crippen molar-refractivity contribution in [1.82, 2.24) is 20.5 Å². The fraction of sp³-hybridized carbons (Fsp3) is 0.400. The van der Waals surface area contributed by atoms with Gasteiger partial charge in [-0.05, 0) is 61.7 Å². The number of methoxy groups -OCH3 is 1. The highest BCUT2D eigenvalue weighted by atomic mass is 127. The maximum atomic E-state index is 5.46. The van der Waals surface area contributed by atoms with Gasteiger partial charge in [0.05, 0.1) is 13.2 Å². The van der Waals surface area contributed by atoms with E-state index in [9.17, 15) is 0 Å². The smallest absolute Gasteiger partial charge is 0.191 e. The van der Waals surface area contributed by atoms with E-state index in [0.717, 1.165) is 44.3 Å². The van der Waals surface area contributed by atoms with Crippen molar-refractivity contribution >= 4 is 40.8 Å². The maximum absolute atomic E-state index is 5.46. The lowest BCUT2D eigenvalue weighted by Gasteiger charge is -2.29. The van der Waals surface area contributed by atoms with Crippen molar-refractivity contribution in [2.24, 2.45) is 4.99 Å². The predicted molar refractivity (Wildman–Crippen MR) is 143 cm³/mol. The number of para-hydroxylation sites is 1. The Morgan fingerprint density at radius 3 is 2.72 bits per heavy atom. The van der Waals surface area contributed by atoms with E-state index in [1.54, 1.807) is 7.11 Å². The summed E-state index contributed by atoms with van der Waals surface area (Å²) in [5.74, 6) is 1.75. The largest absolute Gasteiger partial charge is 0.497 e. The fourth-order valence-corrected chi connectivity index (χ4v) is 4.43. The van der Waals surface area contributed by atoms with Gasteiger partial charge in [-0.1, -0.05) is 30.3 Å². The third-order valence-corrected chi connectivity index (χ3v) is 6.11. The number of nitrogens with zero attached hydrogens (tertiary/aromatic N) is 2. The van der Waals surface area contributed by atoms with Crippen molar-refractivity contribution in [2.45, 2.75) is 25.3 Å². The Labute approximate surface area is 207 Å². The molecular weight excluding hydrogens is 513 g/mol. The van der Waals surface area contributed by atoms with Crippen LogP contribution in [0, 0.1) is 0 Å². The second-order valence-corrected chi connectivity index (χ2v) is 8.02. The van der Waals surface area contributed by atoms with Crippen LogP contribution in [-0.2, 0) is 6.42 Å². The van der Waals surface area contributed by atoms with Crippen LogP contribution in [-0.4, -0.2) is 56.2 Å². The molecule has 1 unspecified atom stereocenters. The van der Waals surface area contributed by atoms with Crippen LogP contribution in [0.4, 0.5) is 0 Å². The Hall–Kier alpha value is -2.26. The van der Waals surface area contributed by atoms with Gasteiger partial charge in [0.15, 0.2) is 5.96 Å². The summed E-state index contributed by atoms with van der Waals surface area (Å²) in [6.45, 7) is 3.90. The van der Waals surface area contributed by atoms with E-state index in [2.05, 4.69) is 74.2 Å². The number of rotatable bonds is 8. The van der Waals surface area contributed by atoms with Crippen LogP contribution in [0.3, 0.4) is 0 Å². The highest BCUT2D eigenvalue weighted by Crippen LogP contribution is 2.27. The summed E-state index contributed by atoms with van der Waals surface area (Å²) in [6, 6.07) is 17.2. The number of hydrogen-bond acceptors (Lipinski definition) is 3. The molecule has 1 atom stereocenters. The van der Waals surface area contributed by atoms with Gasteiger partial charge in [0, 0.05) is 37.2 Å². The summed E-state index contributed by atoms with van der Waals surface area (Å²) < 4.78 is 5.46. The molecule has 0 aliphatic carbocycles. The summed E-state index contributed by atoms with van der Waals surface area (Å²) in [5.41, 5.74) is 3.79. The van der Waals surface area contributed by atoms with E-state index in [1.165, 1.54) is 34.9 Å². The predicted octanol–water partition coefficient (Wildman–Crippen LogP) is 4.34. The number of aromatic nitrogens is 1. The monoisotopic (exact) mass is 547 g/mol. The molecule has 4 rings (SSSR count). The molecule has 1 aliphatic heterocycles. The van der Waals surface area contributed by atoms with E-state index in [-0.39, 0.29) is 24.0 Å². The standard InChI is InChI=1S/C25H33N5O.HI/c1-26-25(27-13-12-20-17-28-23-11-4-3-10-22(20)23)29-18-24(30-14-5-6-15-30)19-8-7-9-21(16-19)31-2;/h3-4,7-11,16-17,24,28H,5-6,12-15,18H2,1-2H3,(H2,26,27,29);1H. The SMILES string of the molecule is CN=C(NCCc1c[nH]c2ccccc12)NCC(c1cccc(OC)c1)N1CCCC1.I. The number of H-pyrrole nitrogens is 1. The average molecular weight is 547 g/mol. The zero-order valence-corrected chi connectivity index (χ0v) is 21.3. The van der Waals surface area contributed by atoms with Crippen molar-refractivity contribution in [3.05, 3.63) is 65.9 Å². The molecule has 3 N–H and O–H groups in total. The normalized spacial score (nSPS) is 15.4. The number of ether oxygens (including phenoxy) is 1. The summed E-state index contributed by atoms with van der Waals surface area (Å²) in [4.78, 5) is 10.3. The number of hydrogen-bond donors (Lipinski definition) is 3. The second kappa shape index (κ2) is 12.1. The summed E-state index contributed by atoms with van der Waals surface area (Å²) in [6.07, 6.45) is 5.57. The van der Waals surface area contributed by atoms with E-state index >= 15 is 0 Å². The van der Waals surface area contributed by atoms with E-state index in [0.29, 0.717) is 6.04 Å². The molecule has 2 aromatic carbocycles. The molecule has 1 saturated heterocycles. The first-order valence-corrected chi connectivity index (χ1v) is 11.2. The maximum Gasteiger partial charge on any atom is 0.191 e. The number of halogens is 1. The zero-order valence-electron chi connectivity index (χ0n) is 18.9. The summed E-state index contributed by atoms with van der Waals surface area (Å²) in [7, 11) is 3.55. The summed E-state index contributed by atoms with van der Waals surface area (Å²) in [5, 5.41) is 8.31. The molecule has 32 heavy (non-hydrogen) atoms. The Morgan fingerprint density at radius 1 is 1.12 bits per heavy atom. The third-order valence-electron chi connectivity index (χ3n) is 6.11. The fourth-order valence-electron chi connectivity index (χ4n) is 4.43. The Balaban J connectivity index is 0.00000289. The Morgan fingerprint density at radius 2 is 1.94 bits per heavy atom. The third kappa shape index (κ3) is 5.95. The van der Waals surface area contributed by atoms with Crippen LogP contribution < -0.4 is 15.4 Å². The first-order chi connectivity index (χ1) is 15.3. The highest BCUT2D eigenvalue weighted by molar-refractivity contribution is 14.0. The molecule has 3 aromatic rings. The molecular formula is C25H34IN5O. The molecule has 0 amide bonds. The van der Waals surface area contributed by atoms with Gasteiger partial charge in [-0.15, -0.1) is 24.0 Å². The zero-order chi connectivity index (χ0) is 21.5. The van der Waals surface area contributed by atoms with Crippen LogP contribution in [0.1, 0.15) is 30.0 Å². The minimum absolute atomic E-state index is 0. The van der Waals surface area contributed by atoms with Crippen LogP contribution in [0.15, 0.2) is 59.7 Å². The molecule has 1 aliphatic rings. The number of aromatic amines is 1.